The molecule has 0 aliphatic carbocycles. The Morgan fingerprint density at radius 3 is 2.78 bits per heavy atom. The number of rotatable bonds is 3. The number of anilines is 1. The molecule has 2 aromatic heterocycles. The van der Waals surface area contributed by atoms with Crippen LogP contribution >= 0.6 is 11.6 Å². The molecule has 0 fully saturated rings. The maximum Gasteiger partial charge on any atom is 0.278 e. The van der Waals surface area contributed by atoms with Gasteiger partial charge in [0, 0.05) is 29.4 Å². The molecule has 6 nitrogen and oxygen atoms in total. The zero-order chi connectivity index (χ0) is 19.0. The first-order valence-electron chi connectivity index (χ1n) is 9.18. The summed E-state index contributed by atoms with van der Waals surface area (Å²) in [6, 6.07) is 8.82. The minimum Gasteiger partial charge on any atom is -0.330 e. The molecule has 0 radical (unpaired) electrons. The average Bonchev–Trinajstić information content (AvgIpc) is 2.81. The molecule has 0 atom stereocenters. The number of amides is 1. The molecule has 1 aromatic carbocycles. The molecule has 0 bridgehead atoms. The lowest BCUT2D eigenvalue weighted by atomic mass is 10.2. The lowest BCUT2D eigenvalue weighted by molar-refractivity contribution is -0.116. The number of carbonyl (C=O) groups excluding carboxylic acids is 1. The molecule has 1 amide bonds. The van der Waals surface area contributed by atoms with Crippen LogP contribution in [-0.2, 0) is 24.3 Å². The molecule has 1 aliphatic heterocycles. The van der Waals surface area contributed by atoms with E-state index in [-0.39, 0.29) is 18.0 Å². The third kappa shape index (κ3) is 3.49. The van der Waals surface area contributed by atoms with Gasteiger partial charge in [-0.05, 0) is 50.1 Å². The Morgan fingerprint density at radius 2 is 2.00 bits per heavy atom. The standard InChI is InChI=1S/C20H21ClN4O2/c1-13-11-16-19(20(27)24-10-4-2-3-5-17(24)23-16)25(13)12-18(26)22-15-8-6-14(21)7-9-15/h6-9,11H,2-5,10,12H2,1H3,(H,22,26). The molecule has 1 aliphatic rings. The number of benzene rings is 1. The number of carbonyl (C=O) groups is 1. The summed E-state index contributed by atoms with van der Waals surface area (Å²) in [7, 11) is 0. The fourth-order valence-corrected chi connectivity index (χ4v) is 3.77. The van der Waals surface area contributed by atoms with Crippen molar-refractivity contribution >= 4 is 34.2 Å². The summed E-state index contributed by atoms with van der Waals surface area (Å²) in [6.45, 7) is 2.65. The summed E-state index contributed by atoms with van der Waals surface area (Å²) in [4.78, 5) is 30.3. The summed E-state index contributed by atoms with van der Waals surface area (Å²) in [6.07, 6.45) is 3.97. The third-order valence-electron chi connectivity index (χ3n) is 5.00. The van der Waals surface area contributed by atoms with Crippen molar-refractivity contribution in [1.82, 2.24) is 14.1 Å². The maximum atomic E-state index is 13.1. The topological polar surface area (TPSA) is 68.9 Å². The number of aromatic nitrogens is 3. The van der Waals surface area contributed by atoms with Gasteiger partial charge in [-0.3, -0.25) is 14.2 Å². The zero-order valence-corrected chi connectivity index (χ0v) is 15.9. The Morgan fingerprint density at radius 1 is 1.22 bits per heavy atom. The van der Waals surface area contributed by atoms with Crippen molar-refractivity contribution in [1.29, 1.82) is 0 Å². The van der Waals surface area contributed by atoms with Crippen molar-refractivity contribution in [3.63, 3.8) is 0 Å². The van der Waals surface area contributed by atoms with Crippen molar-refractivity contribution in [3.8, 4) is 0 Å². The van der Waals surface area contributed by atoms with Gasteiger partial charge < -0.3 is 9.88 Å². The fraction of sp³-hybridized carbons (Fsp3) is 0.350. The molecule has 0 unspecified atom stereocenters. The Balaban J connectivity index is 1.68. The van der Waals surface area contributed by atoms with Gasteiger partial charge in [0.1, 0.15) is 17.9 Å². The second kappa shape index (κ2) is 7.19. The van der Waals surface area contributed by atoms with Gasteiger partial charge in [0.2, 0.25) is 5.91 Å². The minimum atomic E-state index is -0.197. The van der Waals surface area contributed by atoms with Crippen LogP contribution in [0.4, 0.5) is 5.69 Å². The molecule has 0 saturated heterocycles. The molecule has 4 rings (SSSR count). The summed E-state index contributed by atoms with van der Waals surface area (Å²) < 4.78 is 3.54. The van der Waals surface area contributed by atoms with Crippen molar-refractivity contribution in [2.45, 2.75) is 45.7 Å². The van der Waals surface area contributed by atoms with Crippen LogP contribution in [0, 0.1) is 6.92 Å². The average molecular weight is 385 g/mol. The van der Waals surface area contributed by atoms with E-state index >= 15 is 0 Å². The van der Waals surface area contributed by atoms with E-state index in [0.29, 0.717) is 28.3 Å². The van der Waals surface area contributed by atoms with Crippen LogP contribution in [0.1, 0.15) is 30.8 Å². The quantitative estimate of drug-likeness (QED) is 0.751. The maximum absolute atomic E-state index is 13.1. The van der Waals surface area contributed by atoms with E-state index in [1.54, 1.807) is 33.4 Å². The summed E-state index contributed by atoms with van der Waals surface area (Å²) in [5, 5.41) is 3.45. The highest BCUT2D eigenvalue weighted by atomic mass is 35.5. The molecule has 0 spiro atoms. The predicted molar refractivity (Wildman–Crippen MR) is 106 cm³/mol. The number of hydrogen-bond acceptors (Lipinski definition) is 3. The van der Waals surface area contributed by atoms with Crippen LogP contribution in [0.25, 0.3) is 11.0 Å². The SMILES string of the molecule is Cc1cc2nc3n(c(=O)c2n1CC(=O)Nc1ccc(Cl)cc1)CCCCC3. The van der Waals surface area contributed by atoms with Gasteiger partial charge in [0.15, 0.2) is 0 Å². The van der Waals surface area contributed by atoms with E-state index in [2.05, 4.69) is 5.32 Å². The van der Waals surface area contributed by atoms with Crippen LogP contribution in [0.2, 0.25) is 5.02 Å². The second-order valence-electron chi connectivity index (χ2n) is 6.96. The summed E-state index contributed by atoms with van der Waals surface area (Å²) in [5.41, 5.74) is 2.64. The molecule has 140 valence electrons. The van der Waals surface area contributed by atoms with E-state index in [0.717, 1.165) is 37.2 Å². The van der Waals surface area contributed by atoms with Gasteiger partial charge in [0.25, 0.3) is 5.56 Å². The lowest BCUT2D eigenvalue weighted by Crippen LogP contribution is -2.28. The van der Waals surface area contributed by atoms with Crippen LogP contribution in [-0.4, -0.2) is 20.0 Å². The number of nitrogens with one attached hydrogen (secondary N) is 1. The molecule has 3 heterocycles. The predicted octanol–water partition coefficient (Wildman–Crippen LogP) is 3.52. The van der Waals surface area contributed by atoms with Crippen LogP contribution in [0.3, 0.4) is 0 Å². The molecule has 3 aromatic rings. The Labute approximate surface area is 161 Å². The normalized spacial score (nSPS) is 14.0. The van der Waals surface area contributed by atoms with Gasteiger partial charge in [-0.2, -0.15) is 0 Å². The highest BCUT2D eigenvalue weighted by Gasteiger charge is 2.19. The first-order valence-corrected chi connectivity index (χ1v) is 9.56. The van der Waals surface area contributed by atoms with E-state index < -0.39 is 0 Å². The van der Waals surface area contributed by atoms with E-state index in [9.17, 15) is 9.59 Å². The highest BCUT2D eigenvalue weighted by molar-refractivity contribution is 6.30. The van der Waals surface area contributed by atoms with Crippen LogP contribution in [0.15, 0.2) is 35.1 Å². The number of halogens is 1. The summed E-state index contributed by atoms with van der Waals surface area (Å²) >= 11 is 5.88. The van der Waals surface area contributed by atoms with Crippen molar-refractivity contribution in [2.24, 2.45) is 0 Å². The van der Waals surface area contributed by atoms with E-state index in [4.69, 9.17) is 16.6 Å². The number of nitrogens with zero attached hydrogens (tertiary/aromatic N) is 3. The molecule has 0 saturated carbocycles. The molecular weight excluding hydrogens is 364 g/mol. The van der Waals surface area contributed by atoms with Gasteiger partial charge in [-0.1, -0.05) is 18.0 Å². The number of hydrogen-bond donors (Lipinski definition) is 1. The molecule has 1 N–H and O–H groups in total. The Bertz CT molecular complexity index is 1070. The monoisotopic (exact) mass is 384 g/mol. The van der Waals surface area contributed by atoms with E-state index in [1.165, 1.54) is 0 Å². The van der Waals surface area contributed by atoms with Crippen LogP contribution in [0.5, 0.6) is 0 Å². The molecule has 27 heavy (non-hydrogen) atoms. The zero-order valence-electron chi connectivity index (χ0n) is 15.2. The highest BCUT2D eigenvalue weighted by Crippen LogP contribution is 2.19. The molecular formula is C20H21ClN4O2. The second-order valence-corrected chi connectivity index (χ2v) is 7.39. The summed E-state index contributed by atoms with van der Waals surface area (Å²) in [5.74, 6) is 0.657. The largest absolute Gasteiger partial charge is 0.330 e. The lowest BCUT2D eigenvalue weighted by Gasteiger charge is -2.12. The van der Waals surface area contributed by atoms with Gasteiger partial charge in [-0.25, -0.2) is 4.98 Å². The van der Waals surface area contributed by atoms with Crippen molar-refractivity contribution in [2.75, 3.05) is 5.32 Å². The first kappa shape index (κ1) is 17.8. The van der Waals surface area contributed by atoms with E-state index in [1.807, 2.05) is 13.0 Å². The first-order chi connectivity index (χ1) is 13.0. The fourth-order valence-electron chi connectivity index (χ4n) is 3.65. The van der Waals surface area contributed by atoms with Crippen LogP contribution < -0.4 is 10.9 Å². The number of aryl methyl sites for hydroxylation is 2. The third-order valence-corrected chi connectivity index (χ3v) is 5.26. The van der Waals surface area contributed by atoms with Gasteiger partial charge in [-0.15, -0.1) is 0 Å². The van der Waals surface area contributed by atoms with Crippen molar-refractivity contribution in [3.05, 3.63) is 57.2 Å². The molecule has 7 heteroatoms. The Hall–Kier alpha value is -2.60. The smallest absolute Gasteiger partial charge is 0.278 e. The number of fused-ring (bicyclic) bond motifs is 2. The van der Waals surface area contributed by atoms with Gasteiger partial charge >= 0.3 is 0 Å². The van der Waals surface area contributed by atoms with Crippen molar-refractivity contribution < 1.29 is 4.79 Å². The van der Waals surface area contributed by atoms with Gasteiger partial charge in [0.05, 0.1) is 5.52 Å². The Kier molecular flexibility index (Phi) is 4.74. The minimum absolute atomic E-state index is 0.0516.